The number of aliphatic hydroxyl groups excluding tert-OH is 1. The third-order valence-corrected chi connectivity index (χ3v) is 10.6. The van der Waals surface area contributed by atoms with E-state index in [1.807, 2.05) is 0 Å². The second kappa shape index (κ2) is 55.1. The summed E-state index contributed by atoms with van der Waals surface area (Å²) in [4.78, 5) is 24.5. The number of unbranched alkanes of at least 4 members (excludes halogenated alkanes) is 14. The summed E-state index contributed by atoms with van der Waals surface area (Å²) in [6.07, 6.45) is 83.8. The van der Waals surface area contributed by atoms with Gasteiger partial charge >= 0.3 is 11.9 Å². The molecule has 0 aliphatic rings. The maximum atomic E-state index is 12.3. The van der Waals surface area contributed by atoms with Crippen LogP contribution >= 0.6 is 0 Å². The van der Waals surface area contributed by atoms with Crippen LogP contribution in [0, 0.1) is 0 Å². The Balaban J connectivity index is 3.63. The second-order valence-electron chi connectivity index (χ2n) is 16.8. The molecule has 1 atom stereocenters. The highest BCUT2D eigenvalue weighted by Crippen LogP contribution is 2.14. The smallest absolute Gasteiger partial charge is 0.306 e. The molecule has 0 heterocycles. The number of hydrogen-bond acceptors (Lipinski definition) is 5. The molecule has 0 aromatic carbocycles. The Morgan fingerprint density at radius 3 is 0.955 bits per heavy atom. The molecule has 1 N–H and O–H groups in total. The van der Waals surface area contributed by atoms with E-state index in [1.165, 1.54) is 70.6 Å². The Kier molecular flexibility index (Phi) is 51.6. The number of esters is 2. The van der Waals surface area contributed by atoms with Crippen molar-refractivity contribution >= 4 is 11.9 Å². The van der Waals surface area contributed by atoms with Crippen LogP contribution in [0.5, 0.6) is 0 Å². The van der Waals surface area contributed by atoms with Gasteiger partial charge in [0.1, 0.15) is 6.61 Å². The van der Waals surface area contributed by atoms with Crippen LogP contribution in [0.25, 0.3) is 0 Å². The first-order valence-corrected chi connectivity index (χ1v) is 26.4. The van der Waals surface area contributed by atoms with Crippen LogP contribution < -0.4 is 0 Å². The van der Waals surface area contributed by atoms with Gasteiger partial charge in [0.05, 0.1) is 6.61 Å². The molecule has 0 aliphatic heterocycles. The van der Waals surface area contributed by atoms with Crippen LogP contribution in [-0.2, 0) is 19.1 Å². The summed E-state index contributed by atoms with van der Waals surface area (Å²) in [7, 11) is 0. The number of aliphatic hydroxyl groups is 1. The molecule has 0 radical (unpaired) electrons. The number of rotatable bonds is 46. The van der Waals surface area contributed by atoms with Gasteiger partial charge in [0.25, 0.3) is 0 Å². The van der Waals surface area contributed by atoms with Crippen molar-refractivity contribution in [1.29, 1.82) is 0 Å². The topological polar surface area (TPSA) is 72.8 Å². The van der Waals surface area contributed by atoms with Crippen LogP contribution in [0.4, 0.5) is 0 Å². The highest BCUT2D eigenvalue weighted by atomic mass is 16.6. The van der Waals surface area contributed by atoms with Gasteiger partial charge in [-0.2, -0.15) is 0 Å². The van der Waals surface area contributed by atoms with Crippen molar-refractivity contribution in [3.8, 4) is 0 Å². The summed E-state index contributed by atoms with van der Waals surface area (Å²) in [5, 5.41) is 9.63. The molecule has 0 amide bonds. The van der Waals surface area contributed by atoms with Crippen LogP contribution in [0.2, 0.25) is 0 Å². The summed E-state index contributed by atoms with van der Waals surface area (Å²) in [6.45, 7) is 3.86. The molecule has 0 saturated carbocycles. The standard InChI is InChI=1S/C61H96O5/c1-3-5-7-9-11-13-15-17-19-21-23-25-27-28-29-30-31-32-34-35-37-39-41-43-45-47-49-51-53-55-60(63)65-58-59(57-62)66-61(64)56-54-52-50-48-46-44-42-40-38-36-33-26-24-22-20-18-16-14-12-10-8-6-4-2/h5-8,11-14,17-20,23-26,28-29,36,38,42,44,48,50,59,62H,3-4,9-10,15-16,21-22,27,30-35,37,39-41,43,45-47,49,51-58H2,1-2H3/b7-5-,8-6-,13-11-,14-12-,19-17-,20-18-,25-23-,26-24-,29-28-,38-36-,44-42-,50-48-. The average molecular weight is 909 g/mol. The Bertz CT molecular complexity index is 1450. The molecule has 5 heteroatoms. The Morgan fingerprint density at radius 2 is 0.621 bits per heavy atom. The number of carbonyl (C=O) groups excluding carboxylic acids is 2. The molecule has 5 nitrogen and oxygen atoms in total. The first-order valence-electron chi connectivity index (χ1n) is 26.4. The fourth-order valence-electron chi connectivity index (χ4n) is 6.75. The molecule has 370 valence electrons. The molecular weight excluding hydrogens is 813 g/mol. The predicted octanol–water partition coefficient (Wildman–Crippen LogP) is 17.9. The molecular formula is C61H96O5. The van der Waals surface area contributed by atoms with Crippen molar-refractivity contribution in [2.45, 2.75) is 213 Å². The fraction of sp³-hybridized carbons (Fsp3) is 0.574. The number of carbonyl (C=O) groups is 2. The van der Waals surface area contributed by atoms with E-state index < -0.39 is 6.10 Å². The summed E-state index contributed by atoms with van der Waals surface area (Å²) in [6, 6.07) is 0. The molecule has 0 bridgehead atoms. The quantitative estimate of drug-likeness (QED) is 0.0374. The van der Waals surface area contributed by atoms with Crippen LogP contribution in [0.1, 0.15) is 206 Å². The van der Waals surface area contributed by atoms with Crippen molar-refractivity contribution < 1.29 is 24.2 Å². The lowest BCUT2D eigenvalue weighted by Gasteiger charge is -2.15. The monoisotopic (exact) mass is 909 g/mol. The summed E-state index contributed by atoms with van der Waals surface area (Å²) >= 11 is 0. The third kappa shape index (κ3) is 52.4. The molecule has 1 unspecified atom stereocenters. The first kappa shape index (κ1) is 61.8. The second-order valence-corrected chi connectivity index (χ2v) is 16.8. The van der Waals surface area contributed by atoms with Gasteiger partial charge in [-0.25, -0.2) is 0 Å². The van der Waals surface area contributed by atoms with Gasteiger partial charge in [-0.3, -0.25) is 9.59 Å². The zero-order valence-electron chi connectivity index (χ0n) is 42.1. The van der Waals surface area contributed by atoms with Gasteiger partial charge in [-0.1, -0.05) is 230 Å². The van der Waals surface area contributed by atoms with Crippen LogP contribution in [0.15, 0.2) is 146 Å². The fourth-order valence-corrected chi connectivity index (χ4v) is 6.75. The van der Waals surface area contributed by atoms with Crippen LogP contribution in [0.3, 0.4) is 0 Å². The minimum Gasteiger partial charge on any atom is -0.462 e. The summed E-state index contributed by atoms with van der Waals surface area (Å²) in [5.74, 6) is -0.671. The maximum Gasteiger partial charge on any atom is 0.306 e. The van der Waals surface area contributed by atoms with E-state index in [1.54, 1.807) is 0 Å². The largest absolute Gasteiger partial charge is 0.462 e. The molecule has 0 aromatic rings. The average Bonchev–Trinajstić information content (AvgIpc) is 3.32. The van der Waals surface area contributed by atoms with E-state index in [0.717, 1.165) is 103 Å². The summed E-state index contributed by atoms with van der Waals surface area (Å²) < 4.78 is 10.6. The van der Waals surface area contributed by atoms with Crippen molar-refractivity contribution in [3.63, 3.8) is 0 Å². The molecule has 0 aliphatic carbocycles. The molecule has 0 spiro atoms. The van der Waals surface area contributed by atoms with E-state index in [9.17, 15) is 14.7 Å². The van der Waals surface area contributed by atoms with Gasteiger partial charge in [0, 0.05) is 12.8 Å². The predicted molar refractivity (Wildman–Crippen MR) is 287 cm³/mol. The number of ether oxygens (including phenoxy) is 2. The van der Waals surface area contributed by atoms with Crippen molar-refractivity contribution in [3.05, 3.63) is 146 Å². The summed E-state index contributed by atoms with van der Waals surface area (Å²) in [5.41, 5.74) is 0. The lowest BCUT2D eigenvalue weighted by Crippen LogP contribution is -2.28. The molecule has 0 rings (SSSR count). The molecule has 0 aromatic heterocycles. The Hall–Kier alpha value is -4.22. The minimum atomic E-state index is -0.815. The Labute approximate surface area is 406 Å². The zero-order chi connectivity index (χ0) is 47.7. The SMILES string of the molecule is CC/C=C\C/C=C\C/C=C\C/C=C\C/C=C\C/C=C\C/C=C\CCCC(=O)OC(CO)COC(=O)CCCCCCCCCCCCCCC/C=C\C/C=C\C/C=C\C/C=C\C/C=C\CC. The third-order valence-electron chi connectivity index (χ3n) is 10.6. The lowest BCUT2D eigenvalue weighted by atomic mass is 10.0. The number of allylic oxidation sites excluding steroid dienone is 24. The van der Waals surface area contributed by atoms with E-state index in [2.05, 4.69) is 160 Å². The highest BCUT2D eigenvalue weighted by molar-refractivity contribution is 5.70. The minimum absolute atomic E-state index is 0.0992. The highest BCUT2D eigenvalue weighted by Gasteiger charge is 2.16. The normalized spacial score (nSPS) is 13.4. The van der Waals surface area contributed by atoms with E-state index in [-0.39, 0.29) is 31.6 Å². The lowest BCUT2D eigenvalue weighted by molar-refractivity contribution is -0.161. The van der Waals surface area contributed by atoms with Gasteiger partial charge in [-0.05, 0) is 109 Å². The molecule has 66 heavy (non-hydrogen) atoms. The van der Waals surface area contributed by atoms with Gasteiger partial charge in [-0.15, -0.1) is 0 Å². The first-order chi connectivity index (χ1) is 32.6. The van der Waals surface area contributed by atoms with Crippen LogP contribution in [-0.4, -0.2) is 36.4 Å². The maximum absolute atomic E-state index is 12.3. The molecule has 0 saturated heterocycles. The zero-order valence-corrected chi connectivity index (χ0v) is 42.1. The van der Waals surface area contributed by atoms with Gasteiger partial charge < -0.3 is 14.6 Å². The molecule has 0 fully saturated rings. The van der Waals surface area contributed by atoms with Crippen molar-refractivity contribution in [2.75, 3.05) is 13.2 Å². The van der Waals surface area contributed by atoms with Gasteiger partial charge in [0.2, 0.25) is 0 Å². The number of hydrogen-bond donors (Lipinski definition) is 1. The van der Waals surface area contributed by atoms with Crippen molar-refractivity contribution in [2.24, 2.45) is 0 Å². The van der Waals surface area contributed by atoms with E-state index in [0.29, 0.717) is 12.8 Å². The van der Waals surface area contributed by atoms with E-state index >= 15 is 0 Å². The van der Waals surface area contributed by atoms with Gasteiger partial charge in [0.15, 0.2) is 6.10 Å². The van der Waals surface area contributed by atoms with Crippen molar-refractivity contribution in [1.82, 2.24) is 0 Å². The van der Waals surface area contributed by atoms with E-state index in [4.69, 9.17) is 9.47 Å². The Morgan fingerprint density at radius 1 is 0.348 bits per heavy atom.